The van der Waals surface area contributed by atoms with Crippen LogP contribution in [0.25, 0.3) is 0 Å². The minimum atomic E-state index is -2.79. The fourth-order valence-corrected chi connectivity index (χ4v) is 2.67. The molecule has 118 valence electrons. The molecule has 0 spiro atoms. The molecule has 0 saturated heterocycles. The van der Waals surface area contributed by atoms with Crippen molar-refractivity contribution in [1.29, 1.82) is 0 Å². The summed E-state index contributed by atoms with van der Waals surface area (Å²) in [6, 6.07) is 2.76. The molecule has 0 aliphatic carbocycles. The third-order valence-corrected chi connectivity index (χ3v) is 5.06. The minimum absolute atomic E-state index is 0.123. The van der Waals surface area contributed by atoms with E-state index in [2.05, 4.69) is 20.8 Å². The highest BCUT2D eigenvalue weighted by molar-refractivity contribution is 7.64. The zero-order chi connectivity index (χ0) is 15.9. The lowest BCUT2D eigenvalue weighted by molar-refractivity contribution is -0.249. The van der Waals surface area contributed by atoms with Crippen molar-refractivity contribution in [3.05, 3.63) is 23.8 Å². The van der Waals surface area contributed by atoms with Crippen molar-refractivity contribution in [2.24, 2.45) is 5.41 Å². The first kappa shape index (κ1) is 17.2. The Morgan fingerprint density at radius 2 is 1.95 bits per heavy atom. The van der Waals surface area contributed by atoms with Gasteiger partial charge in [-0.1, -0.05) is 20.8 Å². The van der Waals surface area contributed by atoms with Crippen molar-refractivity contribution in [3.8, 4) is 11.5 Å². The van der Waals surface area contributed by atoms with Crippen molar-refractivity contribution in [3.63, 3.8) is 0 Å². The summed E-state index contributed by atoms with van der Waals surface area (Å²) in [7, 11) is 0. The Balaban J connectivity index is 2.14. The topological polar surface area (TPSA) is 27.7 Å². The summed E-state index contributed by atoms with van der Waals surface area (Å²) in [6.07, 6.45) is 0.123. The average molecular weight is 370 g/mol. The van der Waals surface area contributed by atoms with Gasteiger partial charge >= 0.3 is 6.00 Å². The van der Waals surface area contributed by atoms with Gasteiger partial charge in [0.2, 0.25) is 5.79 Å². The van der Waals surface area contributed by atoms with Crippen LogP contribution in [0.5, 0.6) is 11.5 Å². The van der Waals surface area contributed by atoms with Crippen molar-refractivity contribution >= 4 is 39.2 Å². The Kier molecular flexibility index (Phi) is 4.77. The summed E-state index contributed by atoms with van der Waals surface area (Å²) in [5.41, 5.74) is 0.793. The molecule has 0 fully saturated rings. The van der Waals surface area contributed by atoms with E-state index in [0.717, 1.165) is 11.3 Å². The first-order valence-electron chi connectivity index (χ1n) is 6.66. The molecular weight excluding hydrogens is 351 g/mol. The Hall–Kier alpha value is -0.133. The fourth-order valence-electron chi connectivity index (χ4n) is 1.85. The number of hydrogen-bond acceptors (Lipinski definition) is 3. The van der Waals surface area contributed by atoms with Gasteiger partial charge in [-0.3, -0.25) is 0 Å². The van der Waals surface area contributed by atoms with E-state index in [1.165, 1.54) is 0 Å². The highest BCUT2D eigenvalue weighted by Crippen LogP contribution is 2.42. The van der Waals surface area contributed by atoms with Gasteiger partial charge in [-0.05, 0) is 18.2 Å². The number of benzene rings is 1. The second-order valence-corrected chi connectivity index (χ2v) is 15.3. The first-order chi connectivity index (χ1) is 9.50. The molecule has 1 aromatic carbocycles. The van der Waals surface area contributed by atoms with E-state index in [1.807, 2.05) is 25.1 Å². The van der Waals surface area contributed by atoms with Gasteiger partial charge in [-0.25, -0.2) is 0 Å². The lowest BCUT2D eigenvalue weighted by atomic mass is 9.86. The van der Waals surface area contributed by atoms with E-state index in [9.17, 15) is 0 Å². The number of halogens is 3. The van der Waals surface area contributed by atoms with Gasteiger partial charge in [-0.2, -0.15) is 0 Å². The van der Waals surface area contributed by atoms with Gasteiger partial charge in [0, 0.05) is 17.9 Å². The molecule has 0 saturated carbocycles. The lowest BCUT2D eigenvalue weighted by Gasteiger charge is -2.44. The zero-order valence-corrected chi connectivity index (χ0v) is 15.8. The van der Waals surface area contributed by atoms with Crippen molar-refractivity contribution in [2.45, 2.75) is 40.1 Å². The summed E-state index contributed by atoms with van der Waals surface area (Å²) in [5.74, 6) is 0.795. The van der Waals surface area contributed by atoms with Crippen LogP contribution in [0.2, 0.25) is 0 Å². The number of fused-ring (bicyclic) bond motifs is 1. The Morgan fingerprint density at radius 3 is 2.52 bits per heavy atom. The molecule has 0 radical (unpaired) electrons. The van der Waals surface area contributed by atoms with Crippen LogP contribution in [0.3, 0.4) is 0 Å². The van der Waals surface area contributed by atoms with Crippen LogP contribution < -0.4 is 9.47 Å². The van der Waals surface area contributed by atoms with Crippen LogP contribution in [0.15, 0.2) is 18.2 Å². The van der Waals surface area contributed by atoms with Crippen molar-refractivity contribution in [2.75, 3.05) is 6.23 Å². The van der Waals surface area contributed by atoms with Gasteiger partial charge in [0.1, 0.15) is 17.7 Å². The SMILES string of the molecule is CC(C)(C)C1(C)OCc2cc(OC[Si](Cl)(Cl)Cl)ccc2O1. The molecule has 2 rings (SSSR count). The Morgan fingerprint density at radius 1 is 1.29 bits per heavy atom. The molecule has 0 amide bonds. The number of rotatable bonds is 3. The molecule has 1 heterocycles. The minimum Gasteiger partial charge on any atom is -0.493 e. The average Bonchev–Trinajstić information content (AvgIpc) is 2.34. The van der Waals surface area contributed by atoms with Crippen LogP contribution in [-0.4, -0.2) is 18.0 Å². The van der Waals surface area contributed by atoms with Crippen molar-refractivity contribution < 1.29 is 14.2 Å². The monoisotopic (exact) mass is 368 g/mol. The van der Waals surface area contributed by atoms with E-state index >= 15 is 0 Å². The second-order valence-electron chi connectivity index (χ2n) is 6.26. The molecule has 3 nitrogen and oxygen atoms in total. The van der Waals surface area contributed by atoms with E-state index < -0.39 is 11.8 Å². The lowest BCUT2D eigenvalue weighted by Crippen LogP contribution is -2.49. The molecule has 21 heavy (non-hydrogen) atoms. The molecular formula is C14H19Cl3O3Si. The Bertz CT molecular complexity index is 525. The summed E-state index contributed by atoms with van der Waals surface area (Å²) in [5, 5.41) is 0. The second kappa shape index (κ2) is 5.82. The van der Waals surface area contributed by atoms with Gasteiger partial charge in [0.05, 0.1) is 6.61 Å². The molecule has 1 atom stereocenters. The predicted molar refractivity (Wildman–Crippen MR) is 88.5 cm³/mol. The number of hydrogen-bond donors (Lipinski definition) is 0. The smallest absolute Gasteiger partial charge is 0.377 e. The summed E-state index contributed by atoms with van der Waals surface area (Å²) >= 11 is 17.4. The molecule has 0 aromatic heterocycles. The van der Waals surface area contributed by atoms with E-state index in [0.29, 0.717) is 12.4 Å². The zero-order valence-electron chi connectivity index (χ0n) is 12.5. The predicted octanol–water partition coefficient (Wildman–Crippen LogP) is 4.93. The van der Waals surface area contributed by atoms with Crippen LogP contribution in [-0.2, 0) is 11.3 Å². The molecule has 7 heteroatoms. The molecule has 1 aromatic rings. The van der Waals surface area contributed by atoms with Gasteiger partial charge in [0.25, 0.3) is 0 Å². The maximum Gasteiger partial charge on any atom is 0.377 e. The van der Waals surface area contributed by atoms with Crippen LogP contribution in [0.4, 0.5) is 0 Å². The van der Waals surface area contributed by atoms with Crippen LogP contribution in [0.1, 0.15) is 33.3 Å². The summed E-state index contributed by atoms with van der Waals surface area (Å²) in [4.78, 5) is 0. The van der Waals surface area contributed by atoms with E-state index in [1.54, 1.807) is 0 Å². The third kappa shape index (κ3) is 4.20. The molecule has 1 unspecified atom stereocenters. The van der Waals surface area contributed by atoms with Crippen LogP contribution in [0, 0.1) is 5.41 Å². The normalized spacial score (nSPS) is 22.4. The standard InChI is InChI=1S/C14H19Cl3O3Si/c1-13(2,3)14(4)19-8-10-7-11(5-6-12(10)20-14)18-9-21(15,16)17/h5-7H,8-9H2,1-4H3. The van der Waals surface area contributed by atoms with E-state index in [4.69, 9.17) is 47.4 Å². The van der Waals surface area contributed by atoms with Gasteiger partial charge < -0.3 is 14.2 Å². The molecule has 0 N–H and O–H groups in total. The van der Waals surface area contributed by atoms with Crippen LogP contribution >= 0.6 is 33.2 Å². The van der Waals surface area contributed by atoms with Crippen molar-refractivity contribution in [1.82, 2.24) is 0 Å². The largest absolute Gasteiger partial charge is 0.493 e. The maximum absolute atomic E-state index is 6.04. The van der Waals surface area contributed by atoms with Gasteiger partial charge in [-0.15, -0.1) is 33.2 Å². The third-order valence-electron chi connectivity index (χ3n) is 3.60. The first-order valence-corrected chi connectivity index (χ1v) is 11.9. The van der Waals surface area contributed by atoms with E-state index in [-0.39, 0.29) is 11.6 Å². The molecule has 1 aliphatic heterocycles. The van der Waals surface area contributed by atoms with Gasteiger partial charge in [0.15, 0.2) is 0 Å². The fraction of sp³-hybridized carbons (Fsp3) is 0.571. The summed E-state index contributed by atoms with van der Waals surface area (Å²) < 4.78 is 17.5. The summed E-state index contributed by atoms with van der Waals surface area (Å²) in [6.45, 7) is 8.67. The highest BCUT2D eigenvalue weighted by Gasteiger charge is 2.44. The number of ether oxygens (including phenoxy) is 3. The Labute approximate surface area is 140 Å². The molecule has 0 bridgehead atoms. The quantitative estimate of drug-likeness (QED) is 0.558. The highest BCUT2D eigenvalue weighted by atomic mass is 35.8. The molecule has 1 aliphatic rings. The maximum atomic E-state index is 6.04.